The van der Waals surface area contributed by atoms with Crippen LogP contribution in [0, 0.1) is 5.82 Å². The van der Waals surface area contributed by atoms with Crippen LogP contribution in [0.25, 0.3) is 21.1 Å². The number of benzene rings is 3. The number of halogens is 1. The summed E-state index contributed by atoms with van der Waals surface area (Å²) in [6.07, 6.45) is 0.686. The van der Waals surface area contributed by atoms with Gasteiger partial charge in [-0.2, -0.15) is 0 Å². The second-order valence-corrected chi connectivity index (χ2v) is 12.0. The molecule has 0 saturated carbocycles. The molecule has 2 atom stereocenters. The van der Waals surface area contributed by atoms with Crippen molar-refractivity contribution in [3.05, 3.63) is 95.1 Å². The van der Waals surface area contributed by atoms with Gasteiger partial charge in [0.25, 0.3) is 0 Å². The van der Waals surface area contributed by atoms with Crippen LogP contribution < -0.4 is 0 Å². The fourth-order valence-corrected chi connectivity index (χ4v) is 7.35. The third kappa shape index (κ3) is 5.14. The lowest BCUT2D eigenvalue weighted by molar-refractivity contribution is -0.135. The van der Waals surface area contributed by atoms with Crippen molar-refractivity contribution in [3.8, 4) is 0 Å². The van der Waals surface area contributed by atoms with Gasteiger partial charge in [-0.05, 0) is 42.1 Å². The highest BCUT2D eigenvalue weighted by molar-refractivity contribution is 7.99. The molecule has 37 heavy (non-hydrogen) atoms. The van der Waals surface area contributed by atoms with E-state index in [1.165, 1.54) is 16.2 Å². The van der Waals surface area contributed by atoms with E-state index in [4.69, 9.17) is 4.98 Å². The Morgan fingerprint density at radius 2 is 1.92 bits per heavy atom. The van der Waals surface area contributed by atoms with Crippen LogP contribution in [0.15, 0.2) is 84.0 Å². The number of para-hydroxylation sites is 2. The fraction of sp³-hybridized carbons (Fsp3) is 0.241. The van der Waals surface area contributed by atoms with Crippen LogP contribution in [0.2, 0.25) is 0 Å². The maximum Gasteiger partial charge on any atom is 0.240 e. The van der Waals surface area contributed by atoms with Crippen molar-refractivity contribution in [3.63, 3.8) is 0 Å². The topological polar surface area (TPSA) is 52.2 Å². The van der Waals surface area contributed by atoms with Gasteiger partial charge in [0.05, 0.1) is 23.6 Å². The minimum Gasteiger partial charge on any atom is -0.339 e. The van der Waals surface area contributed by atoms with Gasteiger partial charge in [-0.15, -0.1) is 11.3 Å². The number of H-pyrrole nitrogens is 1. The number of imidazole rings is 1. The second kappa shape index (κ2) is 10.3. The van der Waals surface area contributed by atoms with E-state index in [-0.39, 0.29) is 23.0 Å². The van der Waals surface area contributed by atoms with Gasteiger partial charge in [0.1, 0.15) is 5.82 Å². The number of amides is 1. The Morgan fingerprint density at radius 1 is 1.14 bits per heavy atom. The molecule has 1 saturated heterocycles. The highest BCUT2D eigenvalue weighted by atomic mass is 32.2. The Kier molecular flexibility index (Phi) is 6.71. The molecule has 0 aliphatic carbocycles. The van der Waals surface area contributed by atoms with Gasteiger partial charge in [-0.1, -0.05) is 60.3 Å². The van der Waals surface area contributed by atoms with Crippen LogP contribution in [-0.4, -0.2) is 50.6 Å². The summed E-state index contributed by atoms with van der Waals surface area (Å²) in [7, 11) is 1.87. The minimum atomic E-state index is -0.319. The smallest absolute Gasteiger partial charge is 0.240 e. The van der Waals surface area contributed by atoms with Gasteiger partial charge >= 0.3 is 0 Å². The molecule has 3 aromatic carbocycles. The normalized spacial score (nSPS) is 18.1. The van der Waals surface area contributed by atoms with Crippen LogP contribution in [0.4, 0.5) is 4.39 Å². The summed E-state index contributed by atoms with van der Waals surface area (Å²) < 4.78 is 15.8. The third-order valence-corrected chi connectivity index (χ3v) is 9.07. The van der Waals surface area contributed by atoms with E-state index in [0.717, 1.165) is 21.1 Å². The maximum absolute atomic E-state index is 14.5. The fourth-order valence-electron chi connectivity index (χ4n) is 5.05. The van der Waals surface area contributed by atoms with Gasteiger partial charge in [0.2, 0.25) is 5.91 Å². The zero-order chi connectivity index (χ0) is 25.4. The average Bonchev–Trinajstić information content (AvgIpc) is 3.60. The molecular weight excluding hydrogens is 503 g/mol. The quantitative estimate of drug-likeness (QED) is 0.268. The lowest BCUT2D eigenvalue weighted by Gasteiger charge is -2.27. The summed E-state index contributed by atoms with van der Waals surface area (Å²) in [6, 6.07) is 24.9. The maximum atomic E-state index is 14.5. The Morgan fingerprint density at radius 3 is 2.76 bits per heavy atom. The van der Waals surface area contributed by atoms with Crippen LogP contribution >= 0.6 is 23.1 Å². The molecule has 1 fully saturated rings. The minimum absolute atomic E-state index is 0.0708. The summed E-state index contributed by atoms with van der Waals surface area (Å²) >= 11 is 3.39. The number of hydrogen-bond acceptors (Lipinski definition) is 5. The van der Waals surface area contributed by atoms with E-state index >= 15 is 0 Å². The Bertz CT molecular complexity index is 1500. The van der Waals surface area contributed by atoms with Gasteiger partial charge in [0.15, 0.2) is 5.16 Å². The van der Waals surface area contributed by atoms with Crippen LogP contribution in [0.3, 0.4) is 0 Å². The average molecular weight is 531 g/mol. The van der Waals surface area contributed by atoms with Crippen molar-refractivity contribution in [1.82, 2.24) is 19.8 Å². The molecule has 1 amide bonds. The number of likely N-dealkylation sites (tertiary alicyclic amines) is 1. The van der Waals surface area contributed by atoms with Gasteiger partial charge in [-0.25, -0.2) is 9.37 Å². The molecule has 0 bridgehead atoms. The zero-order valence-electron chi connectivity index (χ0n) is 20.4. The molecule has 1 N–H and O–H groups in total. The Labute approximate surface area is 223 Å². The monoisotopic (exact) mass is 530 g/mol. The number of aromatic amines is 1. The Hall–Kier alpha value is -3.20. The number of nitrogens with zero attached hydrogens (tertiary/aromatic N) is 3. The first-order valence-electron chi connectivity index (χ1n) is 12.3. The third-order valence-electron chi connectivity index (χ3n) is 6.87. The van der Waals surface area contributed by atoms with Crippen LogP contribution in [-0.2, 0) is 17.9 Å². The lowest BCUT2D eigenvalue weighted by atomic mass is 10.1. The van der Waals surface area contributed by atoms with E-state index in [1.807, 2.05) is 54.4 Å². The molecule has 0 radical (unpaired) electrons. The van der Waals surface area contributed by atoms with Crippen molar-refractivity contribution >= 4 is 50.1 Å². The summed E-state index contributed by atoms with van der Waals surface area (Å²) in [5.74, 6) is -0.165. The summed E-state index contributed by atoms with van der Waals surface area (Å²) in [5.41, 5.74) is 2.55. The number of carbonyl (C=O) groups is 1. The molecule has 2 aromatic heterocycles. The van der Waals surface area contributed by atoms with E-state index in [1.54, 1.807) is 35.2 Å². The lowest BCUT2D eigenvalue weighted by Crippen LogP contribution is -2.43. The number of fused-ring (bicyclic) bond motifs is 2. The number of aromatic nitrogens is 2. The van der Waals surface area contributed by atoms with Crippen LogP contribution in [0.5, 0.6) is 0 Å². The standard InChI is InChI=1S/C29H27FN4OS2/c1-33(17-21-14-19-8-3-7-13-27(19)36-21)28(35)26-15-22(18-34(26)16-20-9-2-4-10-23(20)30)37-29-31-24-11-5-6-12-25(24)32-29/h2-14,22,26H,15-18H2,1H3,(H,31,32)/t22-,26+/m1/s1. The summed E-state index contributed by atoms with van der Waals surface area (Å²) in [4.78, 5) is 27.0. The van der Waals surface area contributed by atoms with Crippen molar-refractivity contribution in [2.24, 2.45) is 0 Å². The molecule has 5 aromatic rings. The van der Waals surface area contributed by atoms with E-state index < -0.39 is 0 Å². The highest BCUT2D eigenvalue weighted by Crippen LogP contribution is 2.35. The molecule has 3 heterocycles. The molecular formula is C29H27FN4OS2. The van der Waals surface area contributed by atoms with Crippen molar-refractivity contribution in [2.75, 3.05) is 13.6 Å². The number of nitrogens with one attached hydrogen (secondary N) is 1. The predicted molar refractivity (Wildman–Crippen MR) is 149 cm³/mol. The molecule has 5 nitrogen and oxygen atoms in total. The number of thiophene rings is 1. The van der Waals surface area contributed by atoms with E-state index in [0.29, 0.717) is 31.6 Å². The summed E-state index contributed by atoms with van der Waals surface area (Å²) in [5, 5.41) is 2.22. The predicted octanol–water partition coefficient (Wildman–Crippen LogP) is 6.31. The molecule has 1 aliphatic rings. The molecule has 188 valence electrons. The number of hydrogen-bond donors (Lipinski definition) is 1. The van der Waals surface area contributed by atoms with Crippen LogP contribution in [0.1, 0.15) is 16.9 Å². The van der Waals surface area contributed by atoms with Crippen molar-refractivity contribution in [2.45, 2.75) is 36.0 Å². The molecule has 6 rings (SSSR count). The number of thioether (sulfide) groups is 1. The number of carbonyl (C=O) groups excluding carboxylic acids is 1. The number of likely N-dealkylation sites (N-methyl/N-ethyl adjacent to an activating group) is 1. The van der Waals surface area contributed by atoms with Gasteiger partial charge in [-0.3, -0.25) is 9.69 Å². The first-order chi connectivity index (χ1) is 18.0. The first-order valence-corrected chi connectivity index (χ1v) is 14.0. The molecule has 0 spiro atoms. The van der Waals surface area contributed by atoms with E-state index in [2.05, 4.69) is 28.1 Å². The van der Waals surface area contributed by atoms with Gasteiger partial charge in [0, 0.05) is 40.5 Å². The number of rotatable bonds is 7. The van der Waals surface area contributed by atoms with Crippen molar-refractivity contribution < 1.29 is 9.18 Å². The Balaban J connectivity index is 1.21. The summed E-state index contributed by atoms with van der Waals surface area (Å²) in [6.45, 7) is 1.64. The SMILES string of the molecule is CN(Cc1cc2ccccc2s1)C(=O)[C@@H]1C[C@@H](Sc2nc3ccccc3[nH]2)CN1Cc1ccccc1F. The largest absolute Gasteiger partial charge is 0.339 e. The van der Waals surface area contributed by atoms with E-state index in [9.17, 15) is 9.18 Å². The highest BCUT2D eigenvalue weighted by Gasteiger charge is 2.39. The molecule has 0 unspecified atom stereocenters. The second-order valence-electron chi connectivity index (χ2n) is 9.52. The van der Waals surface area contributed by atoms with Gasteiger partial charge < -0.3 is 9.88 Å². The van der Waals surface area contributed by atoms with Crippen molar-refractivity contribution in [1.29, 1.82) is 0 Å². The zero-order valence-corrected chi connectivity index (χ0v) is 22.1. The molecule has 8 heteroatoms. The first kappa shape index (κ1) is 24.2. The molecule has 1 aliphatic heterocycles.